The molecule has 2 saturated heterocycles. The predicted octanol–water partition coefficient (Wildman–Crippen LogP) is 1.33. The van der Waals surface area contributed by atoms with Crippen molar-refractivity contribution in [2.75, 3.05) is 11.9 Å². The second kappa shape index (κ2) is 5.94. The fourth-order valence-electron chi connectivity index (χ4n) is 4.18. The first kappa shape index (κ1) is 15.7. The number of hydrogen-bond acceptors (Lipinski definition) is 6. The summed E-state index contributed by atoms with van der Waals surface area (Å²) in [5.41, 5.74) is -0.896. The maximum Gasteiger partial charge on any atom is 0.240 e. The van der Waals surface area contributed by atoms with Crippen molar-refractivity contribution in [3.8, 4) is 0 Å². The van der Waals surface area contributed by atoms with Crippen molar-refractivity contribution >= 4 is 22.4 Å². The highest BCUT2D eigenvalue weighted by molar-refractivity contribution is 7.13. The molecular weight excluding hydrogens is 326 g/mol. The number of aryl methyl sites for hydroxylation is 1. The van der Waals surface area contributed by atoms with Crippen molar-refractivity contribution in [1.29, 1.82) is 0 Å². The summed E-state index contributed by atoms with van der Waals surface area (Å²) in [4.78, 5) is 23.0. The van der Waals surface area contributed by atoms with Gasteiger partial charge in [-0.2, -0.15) is 0 Å². The highest BCUT2D eigenvalue weighted by atomic mass is 32.1. The van der Waals surface area contributed by atoms with Crippen LogP contribution in [0.5, 0.6) is 0 Å². The normalized spacial score (nSPS) is 29.8. The molecule has 4 heterocycles. The molecule has 1 amide bonds. The van der Waals surface area contributed by atoms with Crippen LogP contribution in [-0.4, -0.2) is 49.1 Å². The molecule has 24 heavy (non-hydrogen) atoms. The monoisotopic (exact) mass is 347 g/mol. The van der Waals surface area contributed by atoms with Crippen molar-refractivity contribution in [2.24, 2.45) is 7.05 Å². The summed E-state index contributed by atoms with van der Waals surface area (Å²) in [7, 11) is 1.91. The minimum Gasteiger partial charge on any atom is -0.382 e. The largest absolute Gasteiger partial charge is 0.382 e. The van der Waals surface area contributed by atoms with E-state index in [1.54, 1.807) is 12.4 Å². The predicted molar refractivity (Wildman–Crippen MR) is 90.6 cm³/mol. The van der Waals surface area contributed by atoms with Crippen LogP contribution in [-0.2, 0) is 17.4 Å². The molecule has 2 fully saturated rings. The molecule has 1 unspecified atom stereocenters. The lowest BCUT2D eigenvalue weighted by Crippen LogP contribution is -2.52. The second-order valence-corrected chi connectivity index (χ2v) is 7.64. The summed E-state index contributed by atoms with van der Waals surface area (Å²) in [5.74, 6) is 0.690. The molecule has 2 aromatic rings. The molecular formula is C16H21N5O2S. The number of piperidine rings is 1. The zero-order valence-corrected chi connectivity index (χ0v) is 14.4. The second-order valence-electron chi connectivity index (χ2n) is 6.74. The van der Waals surface area contributed by atoms with E-state index in [0.29, 0.717) is 24.5 Å². The molecule has 2 aromatic heterocycles. The van der Waals surface area contributed by atoms with Crippen molar-refractivity contribution in [3.05, 3.63) is 29.8 Å². The Morgan fingerprint density at radius 1 is 1.38 bits per heavy atom. The van der Waals surface area contributed by atoms with Gasteiger partial charge in [-0.15, -0.1) is 11.3 Å². The number of carbonyl (C=O) groups is 1. The zero-order chi connectivity index (χ0) is 16.7. The summed E-state index contributed by atoms with van der Waals surface area (Å²) in [6.07, 6.45) is 8.55. The number of nitrogens with zero attached hydrogens (tertiary/aromatic N) is 4. The van der Waals surface area contributed by atoms with E-state index < -0.39 is 5.60 Å². The molecule has 2 aliphatic rings. The van der Waals surface area contributed by atoms with Crippen LogP contribution in [0.1, 0.15) is 31.5 Å². The van der Waals surface area contributed by atoms with Crippen molar-refractivity contribution in [1.82, 2.24) is 19.4 Å². The van der Waals surface area contributed by atoms with Crippen molar-refractivity contribution in [3.63, 3.8) is 0 Å². The molecule has 8 heteroatoms. The first-order valence-corrected chi connectivity index (χ1v) is 9.08. The van der Waals surface area contributed by atoms with Gasteiger partial charge in [-0.05, 0) is 25.7 Å². The lowest BCUT2D eigenvalue weighted by molar-refractivity contribution is -0.121. The zero-order valence-electron chi connectivity index (χ0n) is 13.6. The van der Waals surface area contributed by atoms with Crippen molar-refractivity contribution < 1.29 is 9.90 Å². The van der Waals surface area contributed by atoms with E-state index in [1.807, 2.05) is 23.2 Å². The average Bonchev–Trinajstić information content (AvgIpc) is 3.23. The Morgan fingerprint density at radius 3 is 2.71 bits per heavy atom. The number of nitrogens with one attached hydrogen (secondary N) is 1. The standard InChI is InChI=1S/C16H21N5O2S/c1-20-6-4-17-14(20)16(23)8-11-2-3-12(9-16)21(11)10-13(22)19-15-18-5-7-24-15/h4-7,11-12,23H,2-3,8-10H2,1H3,(H,18,19,22)/t11-,12+,16?. The molecule has 7 nitrogen and oxygen atoms in total. The van der Waals surface area contributed by atoms with Gasteiger partial charge in [0.05, 0.1) is 6.54 Å². The van der Waals surface area contributed by atoms with Crippen LogP contribution in [0.3, 0.4) is 0 Å². The van der Waals surface area contributed by atoms with E-state index in [2.05, 4.69) is 20.2 Å². The van der Waals surface area contributed by atoms with Gasteiger partial charge in [0.2, 0.25) is 5.91 Å². The third-order valence-electron chi connectivity index (χ3n) is 5.16. The molecule has 3 atom stereocenters. The molecule has 0 saturated carbocycles. The number of fused-ring (bicyclic) bond motifs is 2. The lowest BCUT2D eigenvalue weighted by Gasteiger charge is -2.43. The molecule has 2 bridgehead atoms. The van der Waals surface area contributed by atoms with Gasteiger partial charge in [0, 0.05) is 43.1 Å². The minimum atomic E-state index is -0.896. The number of carbonyl (C=O) groups excluding carboxylic acids is 1. The quantitative estimate of drug-likeness (QED) is 0.872. The summed E-state index contributed by atoms with van der Waals surface area (Å²) < 4.78 is 1.89. The third kappa shape index (κ3) is 2.74. The van der Waals surface area contributed by atoms with Crippen LogP contribution in [0, 0.1) is 0 Å². The maximum atomic E-state index is 12.3. The summed E-state index contributed by atoms with van der Waals surface area (Å²) in [6.45, 7) is 0.353. The van der Waals surface area contributed by atoms with Crippen LogP contribution in [0.2, 0.25) is 0 Å². The Hall–Kier alpha value is -1.77. The number of rotatable bonds is 4. The Labute approximate surface area is 144 Å². The Balaban J connectivity index is 1.45. The molecule has 0 aliphatic carbocycles. The Morgan fingerprint density at radius 2 is 2.12 bits per heavy atom. The highest BCUT2D eigenvalue weighted by Crippen LogP contribution is 2.44. The number of anilines is 1. The maximum absolute atomic E-state index is 12.3. The van der Waals surface area contributed by atoms with Gasteiger partial charge >= 0.3 is 0 Å². The summed E-state index contributed by atoms with van der Waals surface area (Å²) in [5, 5.41) is 16.5. The van der Waals surface area contributed by atoms with E-state index in [-0.39, 0.29) is 18.0 Å². The van der Waals surface area contributed by atoms with E-state index in [9.17, 15) is 9.90 Å². The van der Waals surface area contributed by atoms with Gasteiger partial charge in [0.1, 0.15) is 11.4 Å². The first-order chi connectivity index (χ1) is 11.5. The molecule has 0 spiro atoms. The molecule has 128 valence electrons. The molecule has 0 aromatic carbocycles. The number of amides is 1. The van der Waals surface area contributed by atoms with E-state index in [1.165, 1.54) is 11.3 Å². The number of thiazole rings is 1. The Bertz CT molecular complexity index is 715. The number of imidazole rings is 1. The Kier molecular flexibility index (Phi) is 3.90. The van der Waals surface area contributed by atoms with Gasteiger partial charge < -0.3 is 15.0 Å². The number of aliphatic hydroxyl groups is 1. The lowest BCUT2D eigenvalue weighted by atomic mass is 9.85. The van der Waals surface area contributed by atoms with Crippen molar-refractivity contribution in [2.45, 2.75) is 43.4 Å². The van der Waals surface area contributed by atoms with Gasteiger partial charge in [-0.25, -0.2) is 9.97 Å². The number of aromatic nitrogens is 3. The van der Waals surface area contributed by atoms with Gasteiger partial charge in [-0.3, -0.25) is 9.69 Å². The SMILES string of the molecule is Cn1ccnc1C1(O)C[C@H]2CC[C@@H](C1)N2CC(=O)Nc1nccs1. The smallest absolute Gasteiger partial charge is 0.240 e. The minimum absolute atomic E-state index is 0.0377. The molecule has 2 aliphatic heterocycles. The third-order valence-corrected chi connectivity index (χ3v) is 5.85. The van der Waals surface area contributed by atoms with Crippen LogP contribution in [0.25, 0.3) is 0 Å². The van der Waals surface area contributed by atoms with Gasteiger partial charge in [0.15, 0.2) is 5.13 Å². The van der Waals surface area contributed by atoms with Gasteiger partial charge in [0.25, 0.3) is 0 Å². The van der Waals surface area contributed by atoms with E-state index in [0.717, 1.165) is 18.7 Å². The summed E-state index contributed by atoms with van der Waals surface area (Å²) in [6, 6.07) is 0.431. The molecule has 0 radical (unpaired) electrons. The topological polar surface area (TPSA) is 83.3 Å². The fourth-order valence-corrected chi connectivity index (χ4v) is 4.73. The van der Waals surface area contributed by atoms with E-state index >= 15 is 0 Å². The van der Waals surface area contributed by atoms with Crippen LogP contribution < -0.4 is 5.32 Å². The number of hydrogen-bond donors (Lipinski definition) is 2. The summed E-state index contributed by atoms with van der Waals surface area (Å²) >= 11 is 1.42. The molecule has 2 N–H and O–H groups in total. The van der Waals surface area contributed by atoms with Crippen LogP contribution in [0.15, 0.2) is 24.0 Å². The van der Waals surface area contributed by atoms with Crippen LogP contribution in [0.4, 0.5) is 5.13 Å². The van der Waals surface area contributed by atoms with Gasteiger partial charge in [-0.1, -0.05) is 0 Å². The first-order valence-electron chi connectivity index (χ1n) is 8.20. The van der Waals surface area contributed by atoms with E-state index in [4.69, 9.17) is 0 Å². The van der Waals surface area contributed by atoms with Crippen LogP contribution >= 0.6 is 11.3 Å². The highest BCUT2D eigenvalue weighted by Gasteiger charge is 2.50. The fraction of sp³-hybridized carbons (Fsp3) is 0.562. The molecule has 4 rings (SSSR count). The average molecular weight is 347 g/mol.